The van der Waals surface area contributed by atoms with Crippen molar-refractivity contribution in [2.75, 3.05) is 21.1 Å². The van der Waals surface area contributed by atoms with Crippen molar-refractivity contribution >= 4 is 17.9 Å². The molecule has 2 fully saturated rings. The number of rotatable bonds is 4. The topological polar surface area (TPSA) is 65.3 Å². The number of allylic oxidation sites excluding steroid dienone is 3. The summed E-state index contributed by atoms with van der Waals surface area (Å²) in [5, 5.41) is 22.3. The summed E-state index contributed by atoms with van der Waals surface area (Å²) in [6, 6.07) is 6.49. The Hall–Kier alpha value is -2.31. The molecule has 5 heteroatoms. The molecule has 5 nitrogen and oxygen atoms in total. The first kappa shape index (κ1) is 25.9. The molecule has 202 valence electrons. The number of likely N-dealkylation sites (N-methyl/N-ethyl adjacent to an activating group) is 1. The van der Waals surface area contributed by atoms with E-state index >= 15 is 0 Å². The van der Waals surface area contributed by atoms with Crippen LogP contribution >= 0.6 is 0 Å². The van der Waals surface area contributed by atoms with E-state index in [0.29, 0.717) is 6.42 Å². The van der Waals surface area contributed by atoms with Gasteiger partial charge in [0.25, 0.3) is 0 Å². The Morgan fingerprint density at radius 1 is 1.13 bits per heavy atom. The molecular weight excluding hydrogens is 472 g/mol. The predicted octanol–water partition coefficient (Wildman–Crippen LogP) is 5.04. The summed E-state index contributed by atoms with van der Waals surface area (Å²) in [5.41, 5.74) is 5.66. The number of ether oxygens (including phenoxy) is 1. The van der Waals surface area contributed by atoms with Gasteiger partial charge in [-0.25, -0.2) is 0 Å². The minimum atomic E-state index is -0.913. The lowest BCUT2D eigenvalue weighted by Crippen LogP contribution is -2.63. The van der Waals surface area contributed by atoms with E-state index in [2.05, 4.69) is 68.8 Å². The number of hydrogen-bond donors (Lipinski definition) is 2. The maximum Gasteiger partial charge on any atom is 0.105 e. The lowest BCUT2D eigenvalue weighted by atomic mass is 9.49. The van der Waals surface area contributed by atoms with Crippen molar-refractivity contribution < 1.29 is 14.9 Å². The van der Waals surface area contributed by atoms with Gasteiger partial charge in [-0.2, -0.15) is 0 Å². The zero-order valence-electron chi connectivity index (χ0n) is 23.7. The van der Waals surface area contributed by atoms with Crippen molar-refractivity contribution in [1.29, 1.82) is 0 Å². The van der Waals surface area contributed by atoms with Crippen molar-refractivity contribution in [2.24, 2.45) is 21.7 Å². The monoisotopic (exact) mass is 514 g/mol. The first-order chi connectivity index (χ1) is 17.9. The van der Waals surface area contributed by atoms with Gasteiger partial charge in [0.1, 0.15) is 6.10 Å². The van der Waals surface area contributed by atoms with Crippen LogP contribution in [-0.4, -0.2) is 71.9 Å². The van der Waals surface area contributed by atoms with Crippen LogP contribution in [0.2, 0.25) is 0 Å². The summed E-state index contributed by atoms with van der Waals surface area (Å²) in [6.45, 7) is 11.2. The normalized spacial score (nSPS) is 40.8. The number of fused-ring (bicyclic) bond motifs is 1. The maximum absolute atomic E-state index is 11.3. The van der Waals surface area contributed by atoms with Gasteiger partial charge in [-0.3, -0.25) is 4.99 Å². The minimum Gasteiger partial charge on any atom is -0.388 e. The summed E-state index contributed by atoms with van der Waals surface area (Å²) in [6.07, 6.45) is 12.6. The predicted molar refractivity (Wildman–Crippen MR) is 154 cm³/mol. The summed E-state index contributed by atoms with van der Waals surface area (Å²) in [4.78, 5) is 6.25. The molecular formula is C33H42N2O3. The van der Waals surface area contributed by atoms with Gasteiger partial charge in [0.05, 0.1) is 17.3 Å². The van der Waals surface area contributed by atoms with Crippen LogP contribution in [0.1, 0.15) is 63.1 Å². The van der Waals surface area contributed by atoms with E-state index in [4.69, 9.17) is 4.74 Å². The first-order valence-electron chi connectivity index (χ1n) is 14.0. The smallest absolute Gasteiger partial charge is 0.105 e. The van der Waals surface area contributed by atoms with E-state index in [0.717, 1.165) is 36.0 Å². The Morgan fingerprint density at radius 2 is 1.89 bits per heavy atom. The van der Waals surface area contributed by atoms with Crippen LogP contribution in [0, 0.1) is 16.7 Å². The second kappa shape index (κ2) is 8.34. The van der Waals surface area contributed by atoms with E-state index in [9.17, 15) is 10.2 Å². The molecule has 2 heterocycles. The first-order valence-corrected chi connectivity index (χ1v) is 14.0. The summed E-state index contributed by atoms with van der Waals surface area (Å²) in [7, 11) is 5.76. The second-order valence-corrected chi connectivity index (χ2v) is 13.1. The molecule has 7 unspecified atom stereocenters. The molecule has 0 aromatic heterocycles. The van der Waals surface area contributed by atoms with Crippen molar-refractivity contribution in [2.45, 2.75) is 75.9 Å². The van der Waals surface area contributed by atoms with E-state index < -0.39 is 17.8 Å². The Bertz CT molecular complexity index is 1320. The molecule has 38 heavy (non-hydrogen) atoms. The van der Waals surface area contributed by atoms with Crippen LogP contribution in [0.25, 0.3) is 11.6 Å². The molecule has 7 atom stereocenters. The lowest BCUT2D eigenvalue weighted by Gasteiger charge is -2.60. The summed E-state index contributed by atoms with van der Waals surface area (Å²) >= 11 is 0. The van der Waals surface area contributed by atoms with E-state index in [1.165, 1.54) is 16.7 Å². The van der Waals surface area contributed by atoms with Gasteiger partial charge in [-0.1, -0.05) is 63.8 Å². The SMILES string of the molecule is C=Cc1cc(C2=CCC3C45CCC6(CC(N(C)C)C(O)C(O)C6=CC4=CC(C)(C)C23C)O5)ccc1C=NC. The molecule has 1 aromatic rings. The van der Waals surface area contributed by atoms with Gasteiger partial charge in [0.2, 0.25) is 0 Å². The van der Waals surface area contributed by atoms with Crippen LogP contribution in [0.5, 0.6) is 0 Å². The quantitative estimate of drug-likeness (QED) is 0.553. The van der Waals surface area contributed by atoms with Crippen LogP contribution in [0.15, 0.2) is 59.1 Å². The highest BCUT2D eigenvalue weighted by molar-refractivity contribution is 5.87. The fourth-order valence-electron chi connectivity index (χ4n) is 8.69. The Kier molecular flexibility index (Phi) is 5.70. The van der Waals surface area contributed by atoms with Gasteiger partial charge in [0.15, 0.2) is 0 Å². The molecule has 1 saturated carbocycles. The Labute approximate surface area is 227 Å². The summed E-state index contributed by atoms with van der Waals surface area (Å²) < 4.78 is 7.33. The molecule has 2 N–H and O–H groups in total. The third-order valence-corrected chi connectivity index (χ3v) is 11.0. The minimum absolute atomic E-state index is 0.139. The van der Waals surface area contributed by atoms with Crippen molar-refractivity contribution in [1.82, 2.24) is 4.90 Å². The molecule has 5 aliphatic rings. The summed E-state index contributed by atoms with van der Waals surface area (Å²) in [5.74, 6) is 0.281. The second-order valence-electron chi connectivity index (χ2n) is 13.1. The average molecular weight is 515 g/mol. The standard InChI is InChI=1S/C33H42N2O3/c1-8-20-15-21(9-10-22(20)19-34-5)24-11-12-27-31(24,4)30(2,3)17-23-16-25-28(36)29(37)26(35(6)7)18-32(25)13-14-33(23,27)38-32/h8-11,15-17,19,26-29,36-37H,1,12-14,18H2,2-7H3. The largest absolute Gasteiger partial charge is 0.388 e. The molecule has 3 aliphatic carbocycles. The van der Waals surface area contributed by atoms with Gasteiger partial charge in [-0.15, -0.1) is 0 Å². The zero-order chi connectivity index (χ0) is 27.3. The number of aliphatic hydroxyl groups is 2. The van der Waals surface area contributed by atoms with Crippen molar-refractivity contribution in [3.63, 3.8) is 0 Å². The molecule has 2 aliphatic heterocycles. The third-order valence-electron chi connectivity index (χ3n) is 11.0. The third kappa shape index (κ3) is 3.16. The maximum atomic E-state index is 11.3. The highest BCUT2D eigenvalue weighted by atomic mass is 16.5. The van der Waals surface area contributed by atoms with Crippen molar-refractivity contribution in [3.05, 3.63) is 70.8 Å². The van der Waals surface area contributed by atoms with Gasteiger partial charge < -0.3 is 19.8 Å². The number of nitrogens with zero attached hydrogens (tertiary/aromatic N) is 2. The van der Waals surface area contributed by atoms with Crippen LogP contribution in [-0.2, 0) is 4.74 Å². The Morgan fingerprint density at radius 3 is 2.58 bits per heavy atom. The molecule has 6 rings (SSSR count). The molecule has 0 radical (unpaired) electrons. The lowest BCUT2D eigenvalue weighted by molar-refractivity contribution is -0.170. The van der Waals surface area contributed by atoms with E-state index in [1.54, 1.807) is 7.05 Å². The average Bonchev–Trinajstić information content (AvgIpc) is 3.40. The molecule has 2 spiro atoms. The highest BCUT2D eigenvalue weighted by Gasteiger charge is 2.70. The fourth-order valence-corrected chi connectivity index (χ4v) is 8.69. The van der Waals surface area contributed by atoms with E-state index in [1.807, 2.05) is 31.3 Å². The van der Waals surface area contributed by atoms with Gasteiger partial charge in [-0.05, 0) is 84.7 Å². The zero-order valence-corrected chi connectivity index (χ0v) is 23.7. The molecule has 2 bridgehead atoms. The van der Waals surface area contributed by atoms with E-state index in [-0.39, 0.29) is 28.4 Å². The molecule has 1 saturated heterocycles. The molecule has 1 aromatic carbocycles. The van der Waals surface area contributed by atoms with Gasteiger partial charge >= 0.3 is 0 Å². The molecule has 0 amide bonds. The number of aliphatic hydroxyl groups excluding tert-OH is 2. The van der Waals surface area contributed by atoms with Crippen LogP contribution in [0.3, 0.4) is 0 Å². The number of hydrogen-bond acceptors (Lipinski definition) is 5. The van der Waals surface area contributed by atoms with Crippen LogP contribution in [0.4, 0.5) is 0 Å². The van der Waals surface area contributed by atoms with Crippen LogP contribution < -0.4 is 0 Å². The Balaban J connectivity index is 1.47. The fraction of sp³-hybridized carbons (Fsp3) is 0.545. The highest BCUT2D eigenvalue weighted by Crippen LogP contribution is 2.71. The number of aliphatic imine (C=N–C) groups is 1. The number of benzene rings is 1. The van der Waals surface area contributed by atoms with Crippen molar-refractivity contribution in [3.8, 4) is 0 Å². The van der Waals surface area contributed by atoms with Gasteiger partial charge in [0, 0.05) is 30.6 Å².